The maximum absolute atomic E-state index is 5.23. The molecule has 1 aromatic carbocycles. The number of ether oxygens (including phenoxy) is 1. The first-order valence-corrected chi connectivity index (χ1v) is 10.9. The van der Waals surface area contributed by atoms with Crippen LogP contribution in [0.2, 0.25) is 0 Å². The fraction of sp³-hybridized carbons (Fsp3) is 0.409. The van der Waals surface area contributed by atoms with Crippen LogP contribution >= 0.6 is 11.3 Å². The summed E-state index contributed by atoms with van der Waals surface area (Å²) >= 11 is 1.79. The molecule has 2 heterocycles. The zero-order chi connectivity index (χ0) is 21.3. The number of benzene rings is 1. The van der Waals surface area contributed by atoms with E-state index in [-0.39, 0.29) is 0 Å². The third kappa shape index (κ3) is 6.06. The Labute approximate surface area is 182 Å². The van der Waals surface area contributed by atoms with Gasteiger partial charge in [-0.05, 0) is 48.9 Å². The number of likely N-dealkylation sites (N-methyl/N-ethyl adjacent to an activating group) is 1. The molecule has 0 amide bonds. The smallest absolute Gasteiger partial charge is 0.194 e. The van der Waals surface area contributed by atoms with Gasteiger partial charge in [-0.25, -0.2) is 4.99 Å². The number of rotatable bonds is 9. The van der Waals surface area contributed by atoms with Gasteiger partial charge in [0.1, 0.15) is 18.1 Å². The molecule has 0 spiro atoms. The summed E-state index contributed by atoms with van der Waals surface area (Å²) < 4.78 is 7.21. The van der Waals surface area contributed by atoms with Crippen LogP contribution in [0, 0.1) is 6.92 Å². The molecular formula is C22H30N6OS. The van der Waals surface area contributed by atoms with E-state index in [1.165, 1.54) is 10.4 Å². The zero-order valence-electron chi connectivity index (χ0n) is 18.1. The minimum absolute atomic E-state index is 0.492. The molecule has 7 nitrogen and oxygen atoms in total. The van der Waals surface area contributed by atoms with E-state index in [0.717, 1.165) is 49.3 Å². The Balaban J connectivity index is 1.62. The highest BCUT2D eigenvalue weighted by atomic mass is 32.1. The van der Waals surface area contributed by atoms with Crippen LogP contribution in [0.3, 0.4) is 0 Å². The molecule has 0 aliphatic carbocycles. The Morgan fingerprint density at radius 2 is 2.00 bits per heavy atom. The Kier molecular flexibility index (Phi) is 7.84. The molecule has 0 saturated carbocycles. The number of methoxy groups -OCH3 is 1. The predicted octanol–water partition coefficient (Wildman–Crippen LogP) is 3.06. The number of aryl methyl sites for hydroxylation is 1. The van der Waals surface area contributed by atoms with Crippen molar-refractivity contribution in [3.05, 3.63) is 63.9 Å². The van der Waals surface area contributed by atoms with Crippen LogP contribution in [0.5, 0.6) is 5.75 Å². The first kappa shape index (κ1) is 21.8. The summed E-state index contributed by atoms with van der Waals surface area (Å²) in [5.74, 6) is 3.50. The van der Waals surface area contributed by atoms with Crippen molar-refractivity contribution >= 4 is 17.3 Å². The zero-order valence-corrected chi connectivity index (χ0v) is 18.9. The summed E-state index contributed by atoms with van der Waals surface area (Å²) in [6.45, 7) is 4.13. The quantitative estimate of drug-likeness (QED) is 0.421. The number of guanidine groups is 1. The number of nitrogens with zero attached hydrogens (tertiary/aromatic N) is 5. The molecule has 0 bridgehead atoms. The lowest BCUT2D eigenvalue weighted by molar-refractivity contribution is 0.414. The average Bonchev–Trinajstić information content (AvgIpc) is 3.40. The number of aromatic nitrogens is 3. The summed E-state index contributed by atoms with van der Waals surface area (Å²) in [5, 5.41) is 14.0. The molecule has 2 aromatic heterocycles. The summed E-state index contributed by atoms with van der Waals surface area (Å²) in [6.07, 6.45) is 1.90. The lowest BCUT2D eigenvalue weighted by Crippen LogP contribution is -2.41. The molecule has 30 heavy (non-hydrogen) atoms. The lowest BCUT2D eigenvalue weighted by atomic mass is 10.1. The fourth-order valence-electron chi connectivity index (χ4n) is 3.00. The summed E-state index contributed by atoms with van der Waals surface area (Å²) in [4.78, 5) is 8.37. The van der Waals surface area contributed by atoms with Crippen LogP contribution in [0.1, 0.15) is 22.1 Å². The lowest BCUT2D eigenvalue weighted by Gasteiger charge is -2.22. The molecule has 1 N–H and O–H groups in total. The van der Waals surface area contributed by atoms with Gasteiger partial charge in [0.05, 0.1) is 7.11 Å². The number of hydrogen-bond acceptors (Lipinski definition) is 5. The third-order valence-corrected chi connectivity index (χ3v) is 5.98. The largest absolute Gasteiger partial charge is 0.497 e. The SMILES string of the molecule is COc1ccc(CCNC(=NCc2nnc(C)n2C)N(C)CCc2cccs2)cc1. The van der Waals surface area contributed by atoms with Crippen molar-refractivity contribution in [2.45, 2.75) is 26.3 Å². The number of aliphatic imine (C=N–C) groups is 1. The first-order chi connectivity index (χ1) is 14.6. The fourth-order valence-corrected chi connectivity index (χ4v) is 3.69. The van der Waals surface area contributed by atoms with Gasteiger partial charge in [-0.1, -0.05) is 18.2 Å². The van der Waals surface area contributed by atoms with E-state index in [2.05, 4.69) is 57.1 Å². The predicted molar refractivity (Wildman–Crippen MR) is 122 cm³/mol. The molecule has 0 saturated heterocycles. The van der Waals surface area contributed by atoms with Crippen molar-refractivity contribution in [3.63, 3.8) is 0 Å². The van der Waals surface area contributed by atoms with E-state index in [9.17, 15) is 0 Å². The van der Waals surface area contributed by atoms with Crippen molar-refractivity contribution in [1.29, 1.82) is 0 Å². The van der Waals surface area contributed by atoms with E-state index < -0.39 is 0 Å². The van der Waals surface area contributed by atoms with Gasteiger partial charge in [-0.2, -0.15) is 0 Å². The Bertz CT molecular complexity index is 933. The van der Waals surface area contributed by atoms with Crippen molar-refractivity contribution < 1.29 is 4.74 Å². The summed E-state index contributed by atoms with van der Waals surface area (Å²) in [7, 11) is 5.73. The van der Waals surface area contributed by atoms with Gasteiger partial charge in [0, 0.05) is 32.1 Å². The molecule has 3 rings (SSSR count). The first-order valence-electron chi connectivity index (χ1n) is 10.1. The van der Waals surface area contributed by atoms with Crippen LogP contribution in [0.4, 0.5) is 0 Å². The molecule has 0 aliphatic rings. The van der Waals surface area contributed by atoms with Crippen LogP contribution in [0.25, 0.3) is 0 Å². The van der Waals surface area contributed by atoms with Gasteiger partial charge in [-0.3, -0.25) is 0 Å². The van der Waals surface area contributed by atoms with E-state index in [4.69, 9.17) is 9.73 Å². The van der Waals surface area contributed by atoms with Gasteiger partial charge in [0.25, 0.3) is 0 Å². The summed E-state index contributed by atoms with van der Waals surface area (Å²) in [5.41, 5.74) is 1.26. The van der Waals surface area contributed by atoms with Crippen molar-refractivity contribution in [2.24, 2.45) is 12.0 Å². The molecule has 0 unspecified atom stereocenters. The highest BCUT2D eigenvalue weighted by molar-refractivity contribution is 7.09. The summed E-state index contributed by atoms with van der Waals surface area (Å²) in [6, 6.07) is 12.5. The van der Waals surface area contributed by atoms with E-state index in [1.807, 2.05) is 30.7 Å². The van der Waals surface area contributed by atoms with Crippen molar-refractivity contribution in [3.8, 4) is 5.75 Å². The van der Waals surface area contributed by atoms with E-state index >= 15 is 0 Å². The molecular weight excluding hydrogens is 396 g/mol. The minimum Gasteiger partial charge on any atom is -0.497 e. The minimum atomic E-state index is 0.492. The average molecular weight is 427 g/mol. The van der Waals surface area contributed by atoms with Crippen LogP contribution in [-0.2, 0) is 26.4 Å². The molecule has 0 atom stereocenters. The molecule has 160 valence electrons. The van der Waals surface area contributed by atoms with Crippen molar-refractivity contribution in [2.75, 3.05) is 27.2 Å². The molecule has 0 radical (unpaired) electrons. The number of nitrogens with one attached hydrogen (secondary N) is 1. The third-order valence-electron chi connectivity index (χ3n) is 5.04. The maximum Gasteiger partial charge on any atom is 0.194 e. The van der Waals surface area contributed by atoms with Crippen LogP contribution < -0.4 is 10.1 Å². The van der Waals surface area contributed by atoms with Crippen LogP contribution in [-0.4, -0.2) is 52.9 Å². The number of thiophene rings is 1. The number of hydrogen-bond donors (Lipinski definition) is 1. The Morgan fingerprint density at radius 1 is 1.20 bits per heavy atom. The molecule has 0 aliphatic heterocycles. The highest BCUT2D eigenvalue weighted by Gasteiger charge is 2.09. The standard InChI is InChI=1S/C22H30N6OS/c1-17-25-26-21(28(17)3)16-24-22(27(2)14-12-20-6-5-15-30-20)23-13-11-18-7-9-19(29-4)10-8-18/h5-10,15H,11-14,16H2,1-4H3,(H,23,24). The second-order valence-electron chi connectivity index (χ2n) is 7.14. The van der Waals surface area contributed by atoms with Gasteiger partial charge in [-0.15, -0.1) is 21.5 Å². The normalized spacial score (nSPS) is 11.5. The Morgan fingerprint density at radius 3 is 2.63 bits per heavy atom. The Hall–Kier alpha value is -2.87. The monoisotopic (exact) mass is 426 g/mol. The molecule has 0 fully saturated rings. The van der Waals surface area contributed by atoms with Gasteiger partial charge in [0.2, 0.25) is 0 Å². The second kappa shape index (κ2) is 10.8. The highest BCUT2D eigenvalue weighted by Crippen LogP contribution is 2.12. The van der Waals surface area contributed by atoms with E-state index in [0.29, 0.717) is 6.54 Å². The molecule has 8 heteroatoms. The van der Waals surface area contributed by atoms with Crippen molar-refractivity contribution in [1.82, 2.24) is 25.0 Å². The van der Waals surface area contributed by atoms with Gasteiger partial charge < -0.3 is 19.5 Å². The second-order valence-corrected chi connectivity index (χ2v) is 8.17. The maximum atomic E-state index is 5.23. The van der Waals surface area contributed by atoms with Gasteiger partial charge in [0.15, 0.2) is 11.8 Å². The molecule has 3 aromatic rings. The van der Waals surface area contributed by atoms with E-state index in [1.54, 1.807) is 18.4 Å². The topological polar surface area (TPSA) is 67.6 Å². The van der Waals surface area contributed by atoms with Gasteiger partial charge >= 0.3 is 0 Å². The van der Waals surface area contributed by atoms with Crippen LogP contribution in [0.15, 0.2) is 46.8 Å².